The van der Waals surface area contributed by atoms with Crippen molar-refractivity contribution in [3.63, 3.8) is 0 Å². The molecule has 1 heterocycles. The highest BCUT2D eigenvalue weighted by Gasteiger charge is 2.18. The summed E-state index contributed by atoms with van der Waals surface area (Å²) < 4.78 is 6.16. The van der Waals surface area contributed by atoms with Crippen LogP contribution < -0.4 is 10.1 Å². The summed E-state index contributed by atoms with van der Waals surface area (Å²) in [7, 11) is 0. The van der Waals surface area contributed by atoms with E-state index in [0.717, 1.165) is 22.6 Å². The van der Waals surface area contributed by atoms with E-state index in [9.17, 15) is 4.79 Å². The van der Waals surface area contributed by atoms with Gasteiger partial charge in [-0.1, -0.05) is 60.7 Å². The minimum absolute atomic E-state index is 0.157. The molecule has 164 valence electrons. The lowest BCUT2D eigenvalue weighted by Crippen LogP contribution is -2.35. The molecule has 0 saturated heterocycles. The Balaban J connectivity index is 1.26. The number of fused-ring (bicyclic) bond motifs is 2. The number of nitrogens with one attached hydrogen (secondary N) is 1. The van der Waals surface area contributed by atoms with Gasteiger partial charge < -0.3 is 15.2 Å². The molecule has 1 aliphatic rings. The van der Waals surface area contributed by atoms with Crippen LogP contribution in [0.1, 0.15) is 28.9 Å². The summed E-state index contributed by atoms with van der Waals surface area (Å²) in [6.45, 7) is 2.81. The summed E-state index contributed by atoms with van der Waals surface area (Å²) in [6, 6.07) is 27.7. The van der Waals surface area contributed by atoms with Gasteiger partial charge in [-0.15, -0.1) is 0 Å². The highest BCUT2D eigenvalue weighted by Crippen LogP contribution is 2.35. The van der Waals surface area contributed by atoms with Crippen LogP contribution in [0.5, 0.6) is 5.75 Å². The molecule has 4 aromatic rings. The summed E-state index contributed by atoms with van der Waals surface area (Å²) in [5, 5.41) is 15.2. The highest BCUT2D eigenvalue weighted by atomic mass is 16.5. The first-order valence-electron chi connectivity index (χ1n) is 11.0. The second-order valence-corrected chi connectivity index (χ2v) is 8.20. The second kappa shape index (κ2) is 8.88. The topological polar surface area (TPSA) is 70.9 Å². The number of carboxylic acid groups (broad SMARTS) is 1. The van der Waals surface area contributed by atoms with Gasteiger partial charge in [-0.2, -0.15) is 0 Å². The molecule has 2 N–H and O–H groups in total. The number of nitrogens with zero attached hydrogens (tertiary/aromatic N) is 1. The van der Waals surface area contributed by atoms with Crippen molar-refractivity contribution in [1.82, 2.24) is 5.32 Å². The molecular weight excluding hydrogens is 412 g/mol. The van der Waals surface area contributed by atoms with Crippen LogP contribution in [0.4, 0.5) is 5.69 Å². The van der Waals surface area contributed by atoms with Crippen LogP contribution in [0.2, 0.25) is 0 Å². The summed E-state index contributed by atoms with van der Waals surface area (Å²) in [4.78, 5) is 15.7. The third-order valence-corrected chi connectivity index (χ3v) is 6.00. The zero-order valence-corrected chi connectivity index (χ0v) is 18.2. The molecule has 5 rings (SSSR count). The summed E-state index contributed by atoms with van der Waals surface area (Å²) in [5.41, 5.74) is 4.21. The van der Waals surface area contributed by atoms with E-state index in [1.54, 1.807) is 24.3 Å². The van der Waals surface area contributed by atoms with Gasteiger partial charge in [-0.3, -0.25) is 4.99 Å². The van der Waals surface area contributed by atoms with Crippen LogP contribution in [-0.2, 0) is 0 Å². The van der Waals surface area contributed by atoms with Crippen LogP contribution in [-0.4, -0.2) is 29.9 Å². The van der Waals surface area contributed by atoms with Crippen LogP contribution in [0, 0.1) is 0 Å². The van der Waals surface area contributed by atoms with E-state index in [0.29, 0.717) is 6.54 Å². The summed E-state index contributed by atoms with van der Waals surface area (Å²) in [5.74, 6) is -0.188. The van der Waals surface area contributed by atoms with Crippen molar-refractivity contribution >= 4 is 28.6 Å². The van der Waals surface area contributed by atoms with Crippen LogP contribution in [0.15, 0.2) is 89.9 Å². The lowest BCUT2D eigenvalue weighted by molar-refractivity contribution is 0.0697. The third kappa shape index (κ3) is 4.36. The van der Waals surface area contributed by atoms with E-state index < -0.39 is 5.97 Å². The lowest BCUT2D eigenvalue weighted by atomic mass is 9.99. The Bertz CT molecular complexity index is 1340. The molecule has 5 nitrogen and oxygen atoms in total. The molecular formula is C28H24N2O3. The Morgan fingerprint density at radius 3 is 2.58 bits per heavy atom. The van der Waals surface area contributed by atoms with Gasteiger partial charge in [0.2, 0.25) is 0 Å². The van der Waals surface area contributed by atoms with E-state index in [1.165, 1.54) is 16.3 Å². The fraction of sp³-hybridized carbons (Fsp3) is 0.143. The molecule has 0 aromatic heterocycles. The smallest absolute Gasteiger partial charge is 0.335 e. The maximum atomic E-state index is 11.1. The number of ether oxygens (including phenoxy) is 1. The molecule has 0 bridgehead atoms. The lowest BCUT2D eigenvalue weighted by Gasteiger charge is -2.24. The van der Waals surface area contributed by atoms with E-state index in [2.05, 4.69) is 59.7 Å². The molecule has 5 heteroatoms. The van der Waals surface area contributed by atoms with Crippen LogP contribution >= 0.6 is 0 Å². The number of benzene rings is 4. The highest BCUT2D eigenvalue weighted by molar-refractivity contribution is 5.88. The average molecular weight is 437 g/mol. The predicted octanol–water partition coefficient (Wildman–Crippen LogP) is 6.02. The first kappa shape index (κ1) is 20.9. The fourth-order valence-corrected chi connectivity index (χ4v) is 4.18. The fourth-order valence-electron chi connectivity index (χ4n) is 4.18. The van der Waals surface area contributed by atoms with E-state index in [-0.39, 0.29) is 17.7 Å². The average Bonchev–Trinajstić information content (AvgIpc) is 2.86. The first-order chi connectivity index (χ1) is 16.1. The number of aliphatic imine (C=N–C) groups is 1. The Kier molecular flexibility index (Phi) is 5.63. The Hall–Kier alpha value is -3.96. The summed E-state index contributed by atoms with van der Waals surface area (Å²) >= 11 is 0. The molecule has 1 unspecified atom stereocenters. The van der Waals surface area contributed by atoms with Crippen LogP contribution in [0.25, 0.3) is 21.9 Å². The number of rotatable bonds is 6. The van der Waals surface area contributed by atoms with Crippen molar-refractivity contribution < 1.29 is 14.6 Å². The molecule has 33 heavy (non-hydrogen) atoms. The number of carboxylic acids is 1. The number of hydrogen-bond donors (Lipinski definition) is 2. The van der Waals surface area contributed by atoms with Gasteiger partial charge in [-0.25, -0.2) is 4.79 Å². The molecule has 0 spiro atoms. The molecule has 0 aliphatic carbocycles. The molecule has 0 saturated carbocycles. The predicted molar refractivity (Wildman–Crippen MR) is 132 cm³/mol. The monoisotopic (exact) mass is 436 g/mol. The van der Waals surface area contributed by atoms with Crippen molar-refractivity contribution in [1.29, 1.82) is 0 Å². The molecule has 1 aliphatic heterocycles. The van der Waals surface area contributed by atoms with Gasteiger partial charge in [-0.05, 0) is 58.7 Å². The van der Waals surface area contributed by atoms with E-state index in [4.69, 9.17) is 9.84 Å². The maximum absolute atomic E-state index is 11.1. The number of aromatic carboxylic acids is 1. The molecule has 0 fully saturated rings. The quantitative estimate of drug-likeness (QED) is 0.388. The van der Waals surface area contributed by atoms with Gasteiger partial charge in [0.1, 0.15) is 17.5 Å². The Labute approximate surface area is 192 Å². The minimum atomic E-state index is -0.931. The minimum Gasteiger partial charge on any atom is -0.481 e. The Morgan fingerprint density at radius 1 is 1.00 bits per heavy atom. The zero-order valence-electron chi connectivity index (χ0n) is 18.2. The number of hydrogen-bond acceptors (Lipinski definition) is 4. The summed E-state index contributed by atoms with van der Waals surface area (Å²) in [6.07, 6.45) is 1.68. The third-order valence-electron chi connectivity index (χ3n) is 6.00. The first-order valence-corrected chi connectivity index (χ1v) is 11.0. The van der Waals surface area contributed by atoms with Crippen molar-refractivity contribution in [3.8, 4) is 16.9 Å². The zero-order chi connectivity index (χ0) is 22.8. The SMILES string of the molecule is C[C@@H](NCC1C=Nc2cc(-c3ccc(C(=O)O)cc3)ccc2O1)c1cccc2ccccc12. The Morgan fingerprint density at radius 2 is 1.76 bits per heavy atom. The number of carbonyl (C=O) groups is 1. The van der Waals surface area contributed by atoms with Gasteiger partial charge in [0.05, 0.1) is 5.56 Å². The van der Waals surface area contributed by atoms with Gasteiger partial charge in [0, 0.05) is 18.8 Å². The van der Waals surface area contributed by atoms with Gasteiger partial charge in [0.15, 0.2) is 0 Å². The molecule has 2 atom stereocenters. The maximum Gasteiger partial charge on any atom is 0.335 e. The van der Waals surface area contributed by atoms with Crippen molar-refractivity contribution in [2.45, 2.75) is 19.1 Å². The van der Waals surface area contributed by atoms with Crippen LogP contribution in [0.3, 0.4) is 0 Å². The molecule has 0 amide bonds. The largest absolute Gasteiger partial charge is 0.481 e. The molecule has 0 radical (unpaired) electrons. The van der Waals surface area contributed by atoms with E-state index >= 15 is 0 Å². The van der Waals surface area contributed by atoms with Crippen molar-refractivity contribution in [2.75, 3.05) is 6.54 Å². The second-order valence-electron chi connectivity index (χ2n) is 8.20. The van der Waals surface area contributed by atoms with Crippen molar-refractivity contribution in [3.05, 3.63) is 96.1 Å². The van der Waals surface area contributed by atoms with Gasteiger partial charge >= 0.3 is 5.97 Å². The molecule has 4 aromatic carbocycles. The van der Waals surface area contributed by atoms with Gasteiger partial charge in [0.25, 0.3) is 0 Å². The van der Waals surface area contributed by atoms with E-state index in [1.807, 2.05) is 24.4 Å². The van der Waals surface area contributed by atoms with Crippen molar-refractivity contribution in [2.24, 2.45) is 4.99 Å². The standard InChI is InChI=1S/C28H24N2O3/c1-18(24-8-4-6-20-5-2-3-7-25(20)24)29-16-23-17-30-26-15-22(13-14-27(26)33-23)19-9-11-21(12-10-19)28(31)32/h2-15,17-18,23,29H,16H2,1H3,(H,31,32)/t18-,23?/m1/s1. The normalized spacial score (nSPS) is 15.6.